The third-order valence-electron chi connectivity index (χ3n) is 5.42. The largest absolute Gasteiger partial charge is 0.318 e. The van der Waals surface area contributed by atoms with Gasteiger partial charge in [-0.3, -0.25) is 10.2 Å². The first kappa shape index (κ1) is 21.6. The van der Waals surface area contributed by atoms with Crippen molar-refractivity contribution in [2.24, 2.45) is 10.1 Å². The smallest absolute Gasteiger partial charge is 0.283 e. The van der Waals surface area contributed by atoms with E-state index in [0.717, 1.165) is 52.5 Å². The minimum absolute atomic E-state index is 0.0673. The van der Waals surface area contributed by atoms with Crippen LogP contribution in [-0.4, -0.2) is 31.5 Å². The number of thioether (sulfide) groups is 1. The summed E-state index contributed by atoms with van der Waals surface area (Å²) in [6.07, 6.45) is 4.66. The van der Waals surface area contributed by atoms with Crippen LogP contribution in [0, 0.1) is 26.2 Å². The summed E-state index contributed by atoms with van der Waals surface area (Å²) in [5.41, 5.74) is 5.19. The molecule has 6 nitrogen and oxygen atoms in total. The number of amidine groups is 2. The number of unbranched alkanes of at least 4 members (excludes halogenated alkanes) is 1. The predicted octanol–water partition coefficient (Wildman–Crippen LogP) is 5.87. The maximum atomic E-state index is 12.7. The van der Waals surface area contributed by atoms with Gasteiger partial charge in [0.25, 0.3) is 5.91 Å². The minimum atomic E-state index is -0.403. The van der Waals surface area contributed by atoms with Gasteiger partial charge in [-0.25, -0.2) is 0 Å². The molecule has 0 fully saturated rings. The van der Waals surface area contributed by atoms with Crippen LogP contribution in [0.2, 0.25) is 5.02 Å². The number of aliphatic imine (C=N–C) groups is 1. The molecule has 0 saturated heterocycles. The Labute approximate surface area is 191 Å². The molecule has 31 heavy (non-hydrogen) atoms. The fraction of sp³-hybridized carbons (Fsp3) is 0.304. The van der Waals surface area contributed by atoms with Crippen molar-refractivity contribution in [2.45, 2.75) is 47.0 Å². The van der Waals surface area contributed by atoms with Gasteiger partial charge in [0.2, 0.25) is 5.17 Å². The highest BCUT2D eigenvalue weighted by Gasteiger charge is 2.35. The molecule has 3 heterocycles. The summed E-state index contributed by atoms with van der Waals surface area (Å²) in [4.78, 5) is 16.9. The van der Waals surface area contributed by atoms with Crippen molar-refractivity contribution >= 4 is 51.4 Å². The van der Waals surface area contributed by atoms with Crippen molar-refractivity contribution in [1.82, 2.24) is 9.58 Å². The number of nitrogens with one attached hydrogen (secondary N) is 1. The maximum Gasteiger partial charge on any atom is 0.283 e. The first-order chi connectivity index (χ1) is 14.8. The van der Waals surface area contributed by atoms with Crippen LogP contribution in [0.4, 0.5) is 0 Å². The Kier molecular flexibility index (Phi) is 5.90. The van der Waals surface area contributed by atoms with Crippen LogP contribution in [0.1, 0.15) is 48.7 Å². The van der Waals surface area contributed by atoms with Crippen molar-refractivity contribution in [3.8, 4) is 5.69 Å². The molecule has 0 atom stereocenters. The topological polar surface area (TPSA) is 73.8 Å². The molecule has 1 amide bonds. The van der Waals surface area contributed by atoms with E-state index >= 15 is 0 Å². The quantitative estimate of drug-likeness (QED) is 0.575. The van der Waals surface area contributed by atoms with E-state index in [9.17, 15) is 4.79 Å². The molecule has 0 bridgehead atoms. The SMILES string of the molecule is CCCCC1=NN2C(=N)C(=Cc3cc(C)n(-c4cc(Cl)ccc4C)c3C)C(=O)N=C2S1. The maximum absolute atomic E-state index is 12.7. The number of aromatic nitrogens is 1. The van der Waals surface area contributed by atoms with Gasteiger partial charge in [-0.05, 0) is 80.8 Å². The van der Waals surface area contributed by atoms with E-state index in [-0.39, 0.29) is 11.4 Å². The number of hydrogen-bond donors (Lipinski definition) is 1. The highest BCUT2D eigenvalue weighted by atomic mass is 35.5. The number of halogens is 1. The number of carbonyl (C=O) groups is 1. The van der Waals surface area contributed by atoms with Crippen LogP contribution in [-0.2, 0) is 4.79 Å². The zero-order chi connectivity index (χ0) is 22.3. The number of amides is 1. The van der Waals surface area contributed by atoms with Crippen LogP contribution < -0.4 is 0 Å². The van der Waals surface area contributed by atoms with E-state index in [1.165, 1.54) is 16.8 Å². The van der Waals surface area contributed by atoms with Gasteiger partial charge in [-0.1, -0.05) is 31.0 Å². The third-order valence-corrected chi connectivity index (χ3v) is 6.63. The minimum Gasteiger partial charge on any atom is -0.318 e. The molecule has 0 aliphatic carbocycles. The molecule has 2 aromatic rings. The van der Waals surface area contributed by atoms with E-state index < -0.39 is 5.91 Å². The third kappa shape index (κ3) is 4.00. The second kappa shape index (κ2) is 8.48. The van der Waals surface area contributed by atoms with Gasteiger partial charge in [0, 0.05) is 22.1 Å². The molecule has 2 aliphatic heterocycles. The van der Waals surface area contributed by atoms with E-state index in [0.29, 0.717) is 10.2 Å². The zero-order valence-corrected chi connectivity index (χ0v) is 19.6. The standard InChI is InChI=1S/C23H24ClN5OS/c1-5-6-7-20-27-29-21(25)18(22(30)26-23(29)31-20)11-16-10-14(3)28(15(16)4)19-12-17(24)9-8-13(19)2/h8-12,25H,5-7H2,1-4H3. The van der Waals surface area contributed by atoms with Gasteiger partial charge in [-0.2, -0.15) is 15.1 Å². The number of rotatable bonds is 5. The highest BCUT2D eigenvalue weighted by molar-refractivity contribution is 8.26. The molecule has 4 rings (SSSR count). The molecule has 1 N–H and O–H groups in total. The lowest BCUT2D eigenvalue weighted by Gasteiger charge is -2.20. The number of benzene rings is 1. The molecular weight excluding hydrogens is 430 g/mol. The predicted molar refractivity (Wildman–Crippen MR) is 130 cm³/mol. The summed E-state index contributed by atoms with van der Waals surface area (Å²) in [5.74, 6) is -0.336. The summed E-state index contributed by atoms with van der Waals surface area (Å²) in [6.45, 7) is 8.18. The lowest BCUT2D eigenvalue weighted by molar-refractivity contribution is -0.114. The lowest BCUT2D eigenvalue weighted by atomic mass is 10.1. The average molecular weight is 454 g/mol. The fourth-order valence-electron chi connectivity index (χ4n) is 3.74. The molecular formula is C23H24ClN5OS. The number of carbonyl (C=O) groups excluding carboxylic acids is 1. The Morgan fingerprint density at radius 2 is 2.00 bits per heavy atom. The van der Waals surface area contributed by atoms with Gasteiger partial charge in [0.15, 0.2) is 5.84 Å². The first-order valence-electron chi connectivity index (χ1n) is 10.2. The van der Waals surface area contributed by atoms with Crippen molar-refractivity contribution in [2.75, 3.05) is 0 Å². The van der Waals surface area contributed by atoms with Crippen LogP contribution in [0.3, 0.4) is 0 Å². The Bertz CT molecular complexity index is 1190. The monoisotopic (exact) mass is 453 g/mol. The number of hydrazone groups is 1. The first-order valence-corrected chi connectivity index (χ1v) is 11.4. The Hall–Kier alpha value is -2.64. The summed E-state index contributed by atoms with van der Waals surface area (Å²) >= 11 is 7.62. The second-order valence-corrected chi connectivity index (χ2v) is 9.19. The molecule has 0 spiro atoms. The molecule has 1 aromatic heterocycles. The van der Waals surface area contributed by atoms with Gasteiger partial charge in [0.05, 0.1) is 5.57 Å². The van der Waals surface area contributed by atoms with Crippen LogP contribution in [0.25, 0.3) is 11.8 Å². The summed E-state index contributed by atoms with van der Waals surface area (Å²) in [7, 11) is 0. The second-order valence-electron chi connectivity index (χ2n) is 7.71. The molecule has 0 unspecified atom stereocenters. The van der Waals surface area contributed by atoms with Gasteiger partial charge in [0.1, 0.15) is 5.04 Å². The Morgan fingerprint density at radius 1 is 1.23 bits per heavy atom. The summed E-state index contributed by atoms with van der Waals surface area (Å²) in [5, 5.41) is 16.6. The van der Waals surface area contributed by atoms with E-state index in [1.54, 1.807) is 6.08 Å². The molecule has 1 aromatic carbocycles. The Morgan fingerprint density at radius 3 is 2.74 bits per heavy atom. The average Bonchev–Trinajstić information content (AvgIpc) is 3.25. The summed E-state index contributed by atoms with van der Waals surface area (Å²) < 4.78 is 2.12. The van der Waals surface area contributed by atoms with Crippen LogP contribution in [0.15, 0.2) is 39.9 Å². The van der Waals surface area contributed by atoms with Gasteiger partial charge >= 0.3 is 0 Å². The number of fused-ring (bicyclic) bond motifs is 1. The van der Waals surface area contributed by atoms with E-state index in [4.69, 9.17) is 17.0 Å². The zero-order valence-electron chi connectivity index (χ0n) is 18.0. The Balaban J connectivity index is 1.72. The number of nitrogens with zero attached hydrogens (tertiary/aromatic N) is 4. The normalized spacial score (nSPS) is 17.3. The number of hydrogen-bond acceptors (Lipinski definition) is 4. The van der Waals surface area contributed by atoms with Crippen molar-refractivity contribution in [3.05, 3.63) is 57.4 Å². The van der Waals surface area contributed by atoms with E-state index in [1.807, 2.05) is 45.0 Å². The van der Waals surface area contributed by atoms with Gasteiger partial charge < -0.3 is 4.57 Å². The molecule has 8 heteroatoms. The van der Waals surface area contributed by atoms with E-state index in [2.05, 4.69) is 21.6 Å². The van der Waals surface area contributed by atoms with Crippen LogP contribution in [0.5, 0.6) is 0 Å². The van der Waals surface area contributed by atoms with Crippen molar-refractivity contribution in [3.63, 3.8) is 0 Å². The van der Waals surface area contributed by atoms with Crippen LogP contribution >= 0.6 is 23.4 Å². The highest BCUT2D eigenvalue weighted by Crippen LogP contribution is 2.31. The lowest BCUT2D eigenvalue weighted by Crippen LogP contribution is -2.35. The van der Waals surface area contributed by atoms with Gasteiger partial charge in [-0.15, -0.1) is 0 Å². The molecule has 0 radical (unpaired) electrons. The van der Waals surface area contributed by atoms with Crippen molar-refractivity contribution in [1.29, 1.82) is 5.41 Å². The molecule has 160 valence electrons. The summed E-state index contributed by atoms with van der Waals surface area (Å²) in [6, 6.07) is 7.81. The molecule has 0 saturated carbocycles. The fourth-order valence-corrected chi connectivity index (χ4v) is 4.84. The molecule has 2 aliphatic rings. The number of aryl methyl sites for hydroxylation is 2. The van der Waals surface area contributed by atoms with Crippen molar-refractivity contribution < 1.29 is 4.79 Å².